The van der Waals surface area contributed by atoms with Gasteiger partial charge in [-0.3, -0.25) is 0 Å². The van der Waals surface area contributed by atoms with Crippen LogP contribution in [0.5, 0.6) is 5.88 Å². The van der Waals surface area contributed by atoms with Crippen LogP contribution in [0.2, 0.25) is 0 Å². The first-order chi connectivity index (χ1) is 6.06. The van der Waals surface area contributed by atoms with Crippen LogP contribution >= 0.6 is 0 Å². The predicted molar refractivity (Wildman–Crippen MR) is 44.6 cm³/mol. The molecule has 0 unspecified atom stereocenters. The van der Waals surface area contributed by atoms with E-state index < -0.39 is 12.1 Å². The Kier molecular flexibility index (Phi) is 2.50. The van der Waals surface area contributed by atoms with Crippen molar-refractivity contribution in [2.45, 2.75) is 6.43 Å². The summed E-state index contributed by atoms with van der Waals surface area (Å²) in [6.45, 7) is 0. The van der Waals surface area contributed by atoms with E-state index >= 15 is 0 Å². The molecule has 0 aliphatic rings. The van der Waals surface area contributed by atoms with Gasteiger partial charge in [-0.15, -0.1) is 0 Å². The van der Waals surface area contributed by atoms with Crippen molar-refractivity contribution in [1.82, 2.24) is 4.98 Å². The number of anilines is 2. The summed E-state index contributed by atoms with van der Waals surface area (Å²) in [5.74, 6) is 0.0296. The zero-order valence-electron chi connectivity index (χ0n) is 6.92. The van der Waals surface area contributed by atoms with Crippen molar-refractivity contribution in [1.29, 1.82) is 0 Å². The Labute approximate surface area is 73.5 Å². The second kappa shape index (κ2) is 3.42. The van der Waals surface area contributed by atoms with Crippen LogP contribution in [0.3, 0.4) is 0 Å². The molecule has 4 N–H and O–H groups in total. The lowest BCUT2D eigenvalue weighted by Crippen LogP contribution is -2.04. The smallest absolute Gasteiger partial charge is 0.282 e. The standard InChI is InChI=1S/C7H9F2N3O/c1-13-4-2-3(10)5(11)6(12-4)7(8)9/h2,7H,11H2,1H3,(H2,10,12). The molecule has 1 aromatic heterocycles. The van der Waals surface area contributed by atoms with E-state index in [2.05, 4.69) is 9.72 Å². The highest BCUT2D eigenvalue weighted by Gasteiger charge is 2.16. The summed E-state index contributed by atoms with van der Waals surface area (Å²) in [6, 6.07) is 1.29. The monoisotopic (exact) mass is 189 g/mol. The van der Waals surface area contributed by atoms with E-state index in [0.29, 0.717) is 0 Å². The highest BCUT2D eigenvalue weighted by Crippen LogP contribution is 2.30. The third-order valence-corrected chi connectivity index (χ3v) is 1.51. The van der Waals surface area contributed by atoms with E-state index in [1.54, 1.807) is 0 Å². The fourth-order valence-corrected chi connectivity index (χ4v) is 0.841. The van der Waals surface area contributed by atoms with Gasteiger partial charge in [0.15, 0.2) is 0 Å². The highest BCUT2D eigenvalue weighted by atomic mass is 19.3. The van der Waals surface area contributed by atoms with E-state index in [1.165, 1.54) is 13.2 Å². The highest BCUT2D eigenvalue weighted by molar-refractivity contribution is 5.67. The Hall–Kier alpha value is -1.59. The average molecular weight is 189 g/mol. The van der Waals surface area contributed by atoms with E-state index in [0.717, 1.165) is 0 Å². The summed E-state index contributed by atoms with van der Waals surface area (Å²) in [7, 11) is 1.31. The van der Waals surface area contributed by atoms with Crippen LogP contribution in [0, 0.1) is 0 Å². The number of alkyl halides is 2. The molecular formula is C7H9F2N3O. The van der Waals surface area contributed by atoms with Crippen molar-refractivity contribution < 1.29 is 13.5 Å². The predicted octanol–water partition coefficient (Wildman–Crippen LogP) is 1.19. The number of ether oxygens (including phenoxy) is 1. The fraction of sp³-hybridized carbons (Fsp3) is 0.286. The molecule has 0 atom stereocenters. The molecule has 72 valence electrons. The second-order valence-electron chi connectivity index (χ2n) is 2.35. The summed E-state index contributed by atoms with van der Waals surface area (Å²) in [5, 5.41) is 0. The maximum absolute atomic E-state index is 12.3. The lowest BCUT2D eigenvalue weighted by Gasteiger charge is -2.08. The van der Waals surface area contributed by atoms with Crippen molar-refractivity contribution in [2.75, 3.05) is 18.6 Å². The van der Waals surface area contributed by atoms with Crippen molar-refractivity contribution in [3.63, 3.8) is 0 Å². The normalized spacial score (nSPS) is 10.5. The molecule has 0 aliphatic carbocycles. The molecule has 6 heteroatoms. The van der Waals surface area contributed by atoms with E-state index in [-0.39, 0.29) is 17.3 Å². The summed E-state index contributed by atoms with van der Waals surface area (Å²) in [5.41, 5.74) is 9.94. The van der Waals surface area contributed by atoms with E-state index in [9.17, 15) is 8.78 Å². The lowest BCUT2D eigenvalue weighted by molar-refractivity contribution is 0.146. The lowest BCUT2D eigenvalue weighted by atomic mass is 10.2. The summed E-state index contributed by atoms with van der Waals surface area (Å²) < 4.78 is 29.2. The number of hydrogen-bond acceptors (Lipinski definition) is 4. The molecule has 0 saturated heterocycles. The van der Waals surface area contributed by atoms with E-state index in [1.807, 2.05) is 0 Å². The Morgan fingerprint density at radius 2 is 2.08 bits per heavy atom. The second-order valence-corrected chi connectivity index (χ2v) is 2.35. The largest absolute Gasteiger partial charge is 0.481 e. The number of aromatic nitrogens is 1. The molecule has 13 heavy (non-hydrogen) atoms. The molecule has 0 radical (unpaired) electrons. The van der Waals surface area contributed by atoms with Crippen molar-refractivity contribution in [3.8, 4) is 5.88 Å². The molecule has 0 aliphatic heterocycles. The molecule has 4 nitrogen and oxygen atoms in total. The van der Waals surface area contributed by atoms with Crippen LogP contribution in [0.1, 0.15) is 12.1 Å². The maximum atomic E-state index is 12.3. The van der Waals surface area contributed by atoms with Crippen molar-refractivity contribution in [3.05, 3.63) is 11.8 Å². The van der Waals surface area contributed by atoms with Crippen LogP contribution in [-0.4, -0.2) is 12.1 Å². The SMILES string of the molecule is COc1cc(N)c(N)c(C(F)F)n1. The summed E-state index contributed by atoms with van der Waals surface area (Å²) in [4.78, 5) is 3.47. The zero-order valence-corrected chi connectivity index (χ0v) is 6.92. The third-order valence-electron chi connectivity index (χ3n) is 1.51. The van der Waals surface area contributed by atoms with Gasteiger partial charge in [0.05, 0.1) is 18.5 Å². The van der Waals surface area contributed by atoms with Crippen LogP contribution in [0.15, 0.2) is 6.07 Å². The van der Waals surface area contributed by atoms with Crippen molar-refractivity contribution >= 4 is 11.4 Å². The van der Waals surface area contributed by atoms with Crippen molar-refractivity contribution in [2.24, 2.45) is 0 Å². The van der Waals surface area contributed by atoms with Gasteiger partial charge < -0.3 is 16.2 Å². The van der Waals surface area contributed by atoms with Gasteiger partial charge in [0.1, 0.15) is 5.69 Å². The number of hydrogen-bond donors (Lipinski definition) is 2. The molecule has 0 fully saturated rings. The minimum atomic E-state index is -2.75. The molecule has 0 spiro atoms. The Balaban J connectivity index is 3.25. The number of nitrogens with two attached hydrogens (primary N) is 2. The number of nitrogen functional groups attached to an aromatic ring is 2. The minimum absolute atomic E-state index is 0.0296. The van der Waals surface area contributed by atoms with Crippen LogP contribution in [0.25, 0.3) is 0 Å². The molecule has 1 rings (SSSR count). The van der Waals surface area contributed by atoms with Gasteiger partial charge in [0.2, 0.25) is 5.88 Å². The average Bonchev–Trinajstić information content (AvgIpc) is 2.09. The number of halogens is 2. The van der Waals surface area contributed by atoms with E-state index in [4.69, 9.17) is 11.5 Å². The number of rotatable bonds is 2. The van der Waals surface area contributed by atoms with Crippen LogP contribution < -0.4 is 16.2 Å². The van der Waals surface area contributed by atoms with Gasteiger partial charge in [0, 0.05) is 6.07 Å². The molecule has 1 heterocycles. The number of methoxy groups -OCH3 is 1. The van der Waals surface area contributed by atoms with Gasteiger partial charge in [-0.2, -0.15) is 0 Å². The first-order valence-corrected chi connectivity index (χ1v) is 3.44. The number of pyridine rings is 1. The van der Waals surface area contributed by atoms with Gasteiger partial charge in [0.25, 0.3) is 6.43 Å². The van der Waals surface area contributed by atoms with Crippen LogP contribution in [-0.2, 0) is 0 Å². The van der Waals surface area contributed by atoms with Gasteiger partial charge in [-0.05, 0) is 0 Å². The maximum Gasteiger partial charge on any atom is 0.282 e. The molecule has 0 aromatic carbocycles. The Bertz CT molecular complexity index is 317. The quantitative estimate of drug-likeness (QED) is 0.732. The van der Waals surface area contributed by atoms with Gasteiger partial charge in [-0.25, -0.2) is 13.8 Å². The first-order valence-electron chi connectivity index (χ1n) is 3.44. The molecule has 0 saturated carbocycles. The Morgan fingerprint density at radius 3 is 2.54 bits per heavy atom. The van der Waals surface area contributed by atoms with Crippen LogP contribution in [0.4, 0.5) is 20.2 Å². The fourth-order valence-electron chi connectivity index (χ4n) is 0.841. The van der Waals surface area contributed by atoms with Gasteiger partial charge >= 0.3 is 0 Å². The topological polar surface area (TPSA) is 74.2 Å². The summed E-state index contributed by atoms with van der Waals surface area (Å²) >= 11 is 0. The minimum Gasteiger partial charge on any atom is -0.481 e. The molecule has 1 aromatic rings. The third kappa shape index (κ3) is 1.77. The van der Waals surface area contributed by atoms with Gasteiger partial charge in [-0.1, -0.05) is 0 Å². The molecule has 0 amide bonds. The molecular weight excluding hydrogens is 180 g/mol. The Morgan fingerprint density at radius 1 is 1.46 bits per heavy atom. The summed E-state index contributed by atoms with van der Waals surface area (Å²) in [6.07, 6.45) is -2.75. The zero-order chi connectivity index (χ0) is 10.0. The number of nitrogens with zero attached hydrogens (tertiary/aromatic N) is 1. The molecule has 0 bridgehead atoms. The first kappa shape index (κ1) is 9.50.